The average Bonchev–Trinajstić information content (AvgIpc) is 2.63. The highest BCUT2D eigenvalue weighted by Crippen LogP contribution is 2.26. The predicted molar refractivity (Wildman–Crippen MR) is 98.9 cm³/mol. The highest BCUT2D eigenvalue weighted by atomic mass is 15.1. The van der Waals surface area contributed by atoms with Gasteiger partial charge in [-0.05, 0) is 62.2 Å². The van der Waals surface area contributed by atoms with Gasteiger partial charge in [-0.25, -0.2) is 0 Å². The molecule has 23 heavy (non-hydrogen) atoms. The van der Waals surface area contributed by atoms with Crippen LogP contribution in [0.1, 0.15) is 49.1 Å². The summed E-state index contributed by atoms with van der Waals surface area (Å²) in [5, 5.41) is 0. The van der Waals surface area contributed by atoms with Crippen molar-refractivity contribution in [2.45, 2.75) is 44.4 Å². The number of unbranched alkanes of at least 4 members (excludes halogenated alkanes) is 2. The van der Waals surface area contributed by atoms with E-state index < -0.39 is 0 Å². The van der Waals surface area contributed by atoms with Gasteiger partial charge in [0.2, 0.25) is 0 Å². The lowest BCUT2D eigenvalue weighted by Gasteiger charge is -2.33. The van der Waals surface area contributed by atoms with Crippen molar-refractivity contribution in [2.75, 3.05) is 19.6 Å². The lowest BCUT2D eigenvalue weighted by molar-refractivity contribution is 0.204. The van der Waals surface area contributed by atoms with Crippen molar-refractivity contribution >= 4 is 0 Å². The van der Waals surface area contributed by atoms with E-state index in [9.17, 15) is 0 Å². The predicted octanol–water partition coefficient (Wildman–Crippen LogP) is 5.28. The van der Waals surface area contributed by atoms with E-state index in [1.165, 1.54) is 69.3 Å². The summed E-state index contributed by atoms with van der Waals surface area (Å²) >= 11 is 0. The van der Waals surface area contributed by atoms with E-state index >= 15 is 0 Å². The van der Waals surface area contributed by atoms with Crippen molar-refractivity contribution in [3.05, 3.63) is 71.8 Å². The van der Waals surface area contributed by atoms with Crippen LogP contribution in [0.15, 0.2) is 60.7 Å². The van der Waals surface area contributed by atoms with Crippen LogP contribution in [0.25, 0.3) is 0 Å². The molecule has 122 valence electrons. The molecular formula is C22H29N. The molecule has 0 spiro atoms. The molecule has 0 aromatic heterocycles. The molecule has 0 aliphatic carbocycles. The van der Waals surface area contributed by atoms with Crippen LogP contribution in [0, 0.1) is 0 Å². The van der Waals surface area contributed by atoms with Crippen LogP contribution < -0.4 is 0 Å². The lowest BCUT2D eigenvalue weighted by atomic mass is 9.90. The zero-order valence-electron chi connectivity index (χ0n) is 14.2. The Morgan fingerprint density at radius 3 is 2.35 bits per heavy atom. The Morgan fingerprint density at radius 2 is 1.57 bits per heavy atom. The molecule has 2 aromatic carbocycles. The first kappa shape index (κ1) is 16.3. The summed E-state index contributed by atoms with van der Waals surface area (Å²) in [5.74, 6) is 0.745. The average molecular weight is 307 g/mol. The van der Waals surface area contributed by atoms with Crippen LogP contribution >= 0.6 is 0 Å². The smallest absolute Gasteiger partial charge is 0.00503 e. The third kappa shape index (κ3) is 5.21. The maximum atomic E-state index is 2.68. The first-order valence-electron chi connectivity index (χ1n) is 9.23. The summed E-state index contributed by atoms with van der Waals surface area (Å²) < 4.78 is 0. The zero-order chi connectivity index (χ0) is 15.7. The van der Waals surface area contributed by atoms with Gasteiger partial charge in [0.05, 0.1) is 0 Å². The molecule has 1 unspecified atom stereocenters. The molecule has 1 atom stereocenters. The second kappa shape index (κ2) is 8.88. The van der Waals surface area contributed by atoms with Gasteiger partial charge in [-0.2, -0.15) is 0 Å². The SMILES string of the molecule is c1ccc(CCCCCN2CCCC(c3ccccc3)C2)cc1. The van der Waals surface area contributed by atoms with Crippen molar-refractivity contribution in [1.82, 2.24) is 4.90 Å². The minimum atomic E-state index is 0.745. The van der Waals surface area contributed by atoms with Crippen LogP contribution in [0.5, 0.6) is 0 Å². The fourth-order valence-electron chi connectivity index (χ4n) is 3.74. The van der Waals surface area contributed by atoms with E-state index in [0.717, 1.165) is 5.92 Å². The van der Waals surface area contributed by atoms with E-state index in [1.807, 2.05) is 0 Å². The first-order valence-corrected chi connectivity index (χ1v) is 9.23. The van der Waals surface area contributed by atoms with Gasteiger partial charge >= 0.3 is 0 Å². The second-order valence-corrected chi connectivity index (χ2v) is 6.85. The van der Waals surface area contributed by atoms with Crippen LogP contribution in [-0.2, 0) is 6.42 Å². The molecule has 0 N–H and O–H groups in total. The molecule has 1 saturated heterocycles. The molecule has 1 heterocycles. The topological polar surface area (TPSA) is 3.24 Å². The fourth-order valence-corrected chi connectivity index (χ4v) is 3.74. The Hall–Kier alpha value is -1.60. The molecule has 1 fully saturated rings. The van der Waals surface area contributed by atoms with Gasteiger partial charge in [0.1, 0.15) is 0 Å². The normalized spacial score (nSPS) is 18.9. The van der Waals surface area contributed by atoms with E-state index in [4.69, 9.17) is 0 Å². The molecule has 1 nitrogen and oxygen atoms in total. The fraction of sp³-hybridized carbons (Fsp3) is 0.455. The van der Waals surface area contributed by atoms with Crippen molar-refractivity contribution in [3.63, 3.8) is 0 Å². The number of piperidine rings is 1. The zero-order valence-corrected chi connectivity index (χ0v) is 14.2. The van der Waals surface area contributed by atoms with Crippen molar-refractivity contribution in [2.24, 2.45) is 0 Å². The summed E-state index contributed by atoms with van der Waals surface area (Å²) in [7, 11) is 0. The van der Waals surface area contributed by atoms with E-state index in [2.05, 4.69) is 65.6 Å². The number of hydrogen-bond donors (Lipinski definition) is 0. The largest absolute Gasteiger partial charge is 0.303 e. The summed E-state index contributed by atoms with van der Waals surface area (Å²) in [4.78, 5) is 2.68. The Labute approximate surface area is 141 Å². The summed E-state index contributed by atoms with van der Waals surface area (Å²) in [5.41, 5.74) is 3.01. The van der Waals surface area contributed by atoms with Crippen LogP contribution in [0.2, 0.25) is 0 Å². The lowest BCUT2D eigenvalue weighted by Crippen LogP contribution is -2.35. The second-order valence-electron chi connectivity index (χ2n) is 6.85. The molecule has 2 aromatic rings. The molecule has 1 aliphatic heterocycles. The van der Waals surface area contributed by atoms with E-state index in [0.29, 0.717) is 0 Å². The molecule has 0 saturated carbocycles. The van der Waals surface area contributed by atoms with E-state index in [1.54, 1.807) is 0 Å². The molecule has 1 aliphatic rings. The Balaban J connectivity index is 1.35. The Bertz CT molecular complexity index is 549. The van der Waals surface area contributed by atoms with Gasteiger partial charge in [0, 0.05) is 6.54 Å². The molecule has 0 bridgehead atoms. The number of hydrogen-bond acceptors (Lipinski definition) is 1. The van der Waals surface area contributed by atoms with Crippen molar-refractivity contribution in [1.29, 1.82) is 0 Å². The maximum absolute atomic E-state index is 2.68. The summed E-state index contributed by atoms with van der Waals surface area (Å²) in [6.07, 6.45) is 7.95. The number of likely N-dealkylation sites (tertiary alicyclic amines) is 1. The minimum Gasteiger partial charge on any atom is -0.303 e. The number of rotatable bonds is 7. The number of nitrogens with zero attached hydrogens (tertiary/aromatic N) is 1. The van der Waals surface area contributed by atoms with E-state index in [-0.39, 0.29) is 0 Å². The maximum Gasteiger partial charge on any atom is 0.00503 e. The van der Waals surface area contributed by atoms with Gasteiger partial charge in [-0.3, -0.25) is 0 Å². The molecule has 0 radical (unpaired) electrons. The number of benzene rings is 2. The van der Waals surface area contributed by atoms with Crippen LogP contribution in [0.4, 0.5) is 0 Å². The van der Waals surface area contributed by atoms with Gasteiger partial charge < -0.3 is 4.90 Å². The van der Waals surface area contributed by atoms with Gasteiger partial charge in [0.15, 0.2) is 0 Å². The molecular weight excluding hydrogens is 278 g/mol. The Morgan fingerprint density at radius 1 is 0.826 bits per heavy atom. The molecule has 3 rings (SSSR count). The minimum absolute atomic E-state index is 0.745. The first-order chi connectivity index (χ1) is 11.4. The summed E-state index contributed by atoms with van der Waals surface area (Å²) in [6, 6.07) is 22.0. The van der Waals surface area contributed by atoms with Gasteiger partial charge in [-0.1, -0.05) is 67.1 Å². The number of aryl methyl sites for hydroxylation is 1. The van der Waals surface area contributed by atoms with Crippen LogP contribution in [-0.4, -0.2) is 24.5 Å². The van der Waals surface area contributed by atoms with Crippen LogP contribution in [0.3, 0.4) is 0 Å². The van der Waals surface area contributed by atoms with Gasteiger partial charge in [0.25, 0.3) is 0 Å². The monoisotopic (exact) mass is 307 g/mol. The van der Waals surface area contributed by atoms with Crippen molar-refractivity contribution in [3.8, 4) is 0 Å². The summed E-state index contributed by atoms with van der Waals surface area (Å²) in [6.45, 7) is 3.82. The highest BCUT2D eigenvalue weighted by Gasteiger charge is 2.20. The standard InChI is InChI=1S/C22H29N/c1-4-11-20(12-5-1)13-6-3-9-17-23-18-10-16-22(19-23)21-14-7-2-8-15-21/h1-2,4-5,7-8,11-12,14-15,22H,3,6,9-10,13,16-19H2. The molecule has 1 heteroatoms. The highest BCUT2D eigenvalue weighted by molar-refractivity contribution is 5.20. The quantitative estimate of drug-likeness (QED) is 0.629. The van der Waals surface area contributed by atoms with Gasteiger partial charge in [-0.15, -0.1) is 0 Å². The molecule has 0 amide bonds. The van der Waals surface area contributed by atoms with Crippen molar-refractivity contribution < 1.29 is 0 Å². The third-order valence-electron chi connectivity index (χ3n) is 5.06. The Kier molecular flexibility index (Phi) is 6.28. The third-order valence-corrected chi connectivity index (χ3v) is 5.06.